The fourth-order valence-electron chi connectivity index (χ4n) is 1.20. The minimum Gasteiger partial charge on any atom is -0.503 e. The Bertz CT molecular complexity index is 545. The molecule has 0 fully saturated rings. The Kier molecular flexibility index (Phi) is 4.32. The second-order valence-corrected chi connectivity index (χ2v) is 3.33. The van der Waals surface area contributed by atoms with Crippen molar-refractivity contribution in [3.05, 3.63) is 22.0 Å². The maximum Gasteiger partial charge on any atom is 0.573 e. The van der Waals surface area contributed by atoms with Crippen LogP contribution in [0.5, 0.6) is 11.5 Å². The van der Waals surface area contributed by atoms with Gasteiger partial charge in [0.15, 0.2) is 5.75 Å². The second kappa shape index (κ2) is 5.59. The van der Waals surface area contributed by atoms with Gasteiger partial charge in [-0.25, -0.2) is 4.98 Å². The molecule has 1 N–H and O–H groups in total. The van der Waals surface area contributed by atoms with Gasteiger partial charge < -0.3 is 14.6 Å². The first-order valence-electron chi connectivity index (χ1n) is 4.83. The van der Waals surface area contributed by atoms with Crippen LogP contribution in [0.4, 0.5) is 18.9 Å². The molecular formula is C9H7F3N2O6. The van der Waals surface area contributed by atoms with E-state index in [0.717, 1.165) is 7.11 Å². The fourth-order valence-corrected chi connectivity index (χ4v) is 1.20. The minimum absolute atomic E-state index is 0.444. The molecule has 0 amide bonds. The summed E-state index contributed by atoms with van der Waals surface area (Å²) >= 11 is 0. The van der Waals surface area contributed by atoms with Crippen LogP contribution in [0.2, 0.25) is 0 Å². The summed E-state index contributed by atoms with van der Waals surface area (Å²) in [6.07, 6.45) is -5.49. The normalized spacial score (nSPS) is 11.0. The highest BCUT2D eigenvalue weighted by atomic mass is 19.4. The van der Waals surface area contributed by atoms with Crippen LogP contribution in [0.1, 0.15) is 5.69 Å². The van der Waals surface area contributed by atoms with Gasteiger partial charge in [-0.2, -0.15) is 0 Å². The molecule has 0 spiro atoms. The number of ether oxygens (including phenoxy) is 2. The molecular weight excluding hydrogens is 289 g/mol. The number of hydrogen-bond donors (Lipinski definition) is 1. The molecule has 0 aliphatic rings. The number of aromatic hydroxyl groups is 1. The Balaban J connectivity index is 3.30. The standard InChI is InChI=1S/C9H7F3N2O6/c1-19-6(15)2-4-7(16)8(20-9(10,11)12)5(3-13-4)14(17)18/h3,16H,2H2,1H3. The summed E-state index contributed by atoms with van der Waals surface area (Å²) < 4.78 is 44.1. The van der Waals surface area contributed by atoms with Crippen molar-refractivity contribution in [1.82, 2.24) is 4.98 Å². The Labute approximate surface area is 108 Å². The number of alkyl halides is 3. The number of carbonyl (C=O) groups excluding carboxylic acids is 1. The summed E-state index contributed by atoms with van der Waals surface area (Å²) in [5.41, 5.74) is -1.73. The van der Waals surface area contributed by atoms with Gasteiger partial charge in [-0.3, -0.25) is 14.9 Å². The molecule has 0 bridgehead atoms. The van der Waals surface area contributed by atoms with E-state index in [1.54, 1.807) is 0 Å². The molecule has 11 heteroatoms. The Morgan fingerprint density at radius 1 is 1.55 bits per heavy atom. The minimum atomic E-state index is -5.26. The zero-order valence-electron chi connectivity index (χ0n) is 9.80. The molecule has 110 valence electrons. The Morgan fingerprint density at radius 3 is 2.60 bits per heavy atom. The van der Waals surface area contributed by atoms with Gasteiger partial charge in [0.2, 0.25) is 0 Å². The van der Waals surface area contributed by atoms with E-state index in [1.807, 2.05) is 0 Å². The van der Waals surface area contributed by atoms with E-state index in [2.05, 4.69) is 14.5 Å². The first kappa shape index (κ1) is 15.5. The van der Waals surface area contributed by atoms with Crippen LogP contribution in [0.25, 0.3) is 0 Å². The van der Waals surface area contributed by atoms with Crippen LogP contribution in [-0.4, -0.2) is 34.5 Å². The lowest BCUT2D eigenvalue weighted by molar-refractivity contribution is -0.389. The van der Waals surface area contributed by atoms with Crippen LogP contribution in [0.15, 0.2) is 6.20 Å². The zero-order valence-corrected chi connectivity index (χ0v) is 9.80. The van der Waals surface area contributed by atoms with E-state index in [1.165, 1.54) is 0 Å². The lowest BCUT2D eigenvalue weighted by Gasteiger charge is -2.12. The number of esters is 1. The third kappa shape index (κ3) is 3.70. The van der Waals surface area contributed by atoms with E-state index in [0.29, 0.717) is 6.20 Å². The van der Waals surface area contributed by atoms with Gasteiger partial charge in [0.25, 0.3) is 5.75 Å². The molecule has 1 aromatic rings. The molecule has 0 saturated carbocycles. The smallest absolute Gasteiger partial charge is 0.503 e. The van der Waals surface area contributed by atoms with Crippen LogP contribution in [0.3, 0.4) is 0 Å². The van der Waals surface area contributed by atoms with Gasteiger partial charge in [-0.1, -0.05) is 0 Å². The van der Waals surface area contributed by atoms with E-state index >= 15 is 0 Å². The van der Waals surface area contributed by atoms with Crippen molar-refractivity contribution in [3.8, 4) is 11.5 Å². The predicted molar refractivity (Wildman–Crippen MR) is 55.0 cm³/mol. The zero-order chi connectivity index (χ0) is 15.5. The summed E-state index contributed by atoms with van der Waals surface area (Å²) in [4.78, 5) is 23.7. The van der Waals surface area contributed by atoms with Crippen LogP contribution >= 0.6 is 0 Å². The van der Waals surface area contributed by atoms with Crippen molar-refractivity contribution in [3.63, 3.8) is 0 Å². The third-order valence-corrected chi connectivity index (χ3v) is 2.02. The van der Waals surface area contributed by atoms with Gasteiger partial charge in [0, 0.05) is 0 Å². The Morgan fingerprint density at radius 2 is 2.15 bits per heavy atom. The molecule has 0 aromatic carbocycles. The van der Waals surface area contributed by atoms with Gasteiger partial charge >= 0.3 is 18.0 Å². The molecule has 8 nitrogen and oxygen atoms in total. The molecule has 0 saturated heterocycles. The summed E-state index contributed by atoms with van der Waals surface area (Å²) in [5, 5.41) is 20.1. The third-order valence-electron chi connectivity index (χ3n) is 2.02. The van der Waals surface area contributed by atoms with Crippen LogP contribution < -0.4 is 4.74 Å². The molecule has 1 rings (SSSR count). The Hall–Kier alpha value is -2.59. The highest BCUT2D eigenvalue weighted by Crippen LogP contribution is 2.40. The SMILES string of the molecule is COC(=O)Cc1ncc([N+](=O)[O-])c(OC(F)(F)F)c1O. The summed E-state index contributed by atoms with van der Waals surface area (Å²) in [5.74, 6) is -3.59. The number of halogens is 3. The lowest BCUT2D eigenvalue weighted by Crippen LogP contribution is -2.19. The largest absolute Gasteiger partial charge is 0.573 e. The van der Waals surface area contributed by atoms with E-state index < -0.39 is 46.6 Å². The van der Waals surface area contributed by atoms with Crippen LogP contribution in [-0.2, 0) is 16.0 Å². The van der Waals surface area contributed by atoms with Crippen molar-refractivity contribution in [2.75, 3.05) is 7.11 Å². The lowest BCUT2D eigenvalue weighted by atomic mass is 10.2. The summed E-state index contributed by atoms with van der Waals surface area (Å²) in [6, 6.07) is 0. The van der Waals surface area contributed by atoms with E-state index in [4.69, 9.17) is 0 Å². The number of methoxy groups -OCH3 is 1. The van der Waals surface area contributed by atoms with E-state index in [-0.39, 0.29) is 0 Å². The summed E-state index contributed by atoms with van der Waals surface area (Å²) in [7, 11) is 1.01. The summed E-state index contributed by atoms with van der Waals surface area (Å²) in [6.45, 7) is 0. The average molecular weight is 296 g/mol. The van der Waals surface area contributed by atoms with Gasteiger partial charge in [-0.15, -0.1) is 13.2 Å². The van der Waals surface area contributed by atoms with Gasteiger partial charge in [0.05, 0.1) is 24.1 Å². The van der Waals surface area contributed by atoms with Crippen molar-refractivity contribution in [1.29, 1.82) is 0 Å². The number of aromatic nitrogens is 1. The molecule has 0 aliphatic heterocycles. The number of rotatable bonds is 4. The molecule has 0 aliphatic carbocycles. The van der Waals surface area contributed by atoms with Gasteiger partial charge in [-0.05, 0) is 0 Å². The highest BCUT2D eigenvalue weighted by molar-refractivity contribution is 5.73. The number of pyridine rings is 1. The second-order valence-electron chi connectivity index (χ2n) is 3.33. The molecule has 0 atom stereocenters. The predicted octanol–water partition coefficient (Wildman–Crippen LogP) is 1.31. The number of hydrogen-bond acceptors (Lipinski definition) is 7. The molecule has 1 aromatic heterocycles. The first-order chi connectivity index (χ1) is 9.15. The molecule has 0 radical (unpaired) electrons. The first-order valence-corrected chi connectivity index (χ1v) is 4.83. The van der Waals surface area contributed by atoms with Crippen molar-refractivity contribution in [2.24, 2.45) is 0 Å². The topological polar surface area (TPSA) is 112 Å². The number of nitrogens with zero attached hydrogens (tertiary/aromatic N) is 2. The highest BCUT2D eigenvalue weighted by Gasteiger charge is 2.37. The van der Waals surface area contributed by atoms with Crippen LogP contribution in [0, 0.1) is 10.1 Å². The van der Waals surface area contributed by atoms with Crippen molar-refractivity contribution < 1.29 is 37.5 Å². The fraction of sp³-hybridized carbons (Fsp3) is 0.333. The monoisotopic (exact) mass is 296 g/mol. The molecule has 20 heavy (non-hydrogen) atoms. The quantitative estimate of drug-likeness (QED) is 0.506. The van der Waals surface area contributed by atoms with Crippen molar-refractivity contribution in [2.45, 2.75) is 12.8 Å². The number of carbonyl (C=O) groups is 1. The van der Waals surface area contributed by atoms with E-state index in [9.17, 15) is 33.2 Å². The number of nitro groups is 1. The molecule has 1 heterocycles. The molecule has 0 unspecified atom stereocenters. The maximum absolute atomic E-state index is 12.2. The van der Waals surface area contributed by atoms with Gasteiger partial charge in [0.1, 0.15) is 6.20 Å². The average Bonchev–Trinajstić information content (AvgIpc) is 2.32. The van der Waals surface area contributed by atoms with Crippen molar-refractivity contribution >= 4 is 11.7 Å². The maximum atomic E-state index is 12.2.